The van der Waals surface area contributed by atoms with Gasteiger partial charge in [0.2, 0.25) is 0 Å². The van der Waals surface area contributed by atoms with Crippen LogP contribution in [0.25, 0.3) is 0 Å². The van der Waals surface area contributed by atoms with Crippen LogP contribution in [0, 0.1) is 13.5 Å². The van der Waals surface area contributed by atoms with Crippen molar-refractivity contribution in [3.8, 4) is 0 Å². The maximum Gasteiger partial charge on any atom is 0 e. The molecule has 0 N–H and O–H groups in total. The van der Waals surface area contributed by atoms with Crippen LogP contribution in [0.2, 0.25) is 0 Å². The SMILES string of the molecule is C.C.C[C-]=CC.[CH3-].[Y]. The molecular formula is C7H18Y-2. The molecule has 0 amide bonds. The molecule has 0 bridgehead atoms. The van der Waals surface area contributed by atoms with E-state index in [9.17, 15) is 0 Å². The molecule has 0 aliphatic heterocycles. The summed E-state index contributed by atoms with van der Waals surface area (Å²) in [5.41, 5.74) is 0. The maximum absolute atomic E-state index is 2.81. The topological polar surface area (TPSA) is 0 Å². The van der Waals surface area contributed by atoms with Crippen LogP contribution in [0.4, 0.5) is 0 Å². The second kappa shape index (κ2) is 45.4. The van der Waals surface area contributed by atoms with Crippen molar-refractivity contribution in [1.29, 1.82) is 0 Å². The molecular weight excluding hydrogens is 173 g/mol. The second-order valence-electron chi connectivity index (χ2n) is 0.577. The van der Waals surface area contributed by atoms with Crippen molar-refractivity contribution in [2.45, 2.75) is 28.7 Å². The molecule has 0 aromatic carbocycles. The van der Waals surface area contributed by atoms with Gasteiger partial charge in [-0.1, -0.05) is 21.8 Å². The van der Waals surface area contributed by atoms with Crippen molar-refractivity contribution in [3.63, 3.8) is 0 Å². The monoisotopic (exact) mass is 191 g/mol. The summed E-state index contributed by atoms with van der Waals surface area (Å²) in [6.45, 7) is 3.82. The normalized spacial score (nSPS) is 4.75. The van der Waals surface area contributed by atoms with Crippen LogP contribution in [-0.2, 0) is 32.7 Å². The van der Waals surface area contributed by atoms with E-state index in [0.717, 1.165) is 0 Å². The van der Waals surface area contributed by atoms with Gasteiger partial charge >= 0.3 is 0 Å². The van der Waals surface area contributed by atoms with E-state index in [1.807, 2.05) is 19.9 Å². The summed E-state index contributed by atoms with van der Waals surface area (Å²) in [5, 5.41) is 0. The molecule has 0 atom stereocenters. The molecule has 0 aliphatic carbocycles. The molecule has 51 valence electrons. The molecule has 0 aliphatic rings. The molecule has 0 saturated carbocycles. The predicted octanol–water partition coefficient (Wildman–Crippen LogP) is 3.11. The van der Waals surface area contributed by atoms with Gasteiger partial charge in [0.05, 0.1) is 0 Å². The van der Waals surface area contributed by atoms with Crippen molar-refractivity contribution < 1.29 is 32.7 Å². The van der Waals surface area contributed by atoms with Gasteiger partial charge in [-0.05, 0) is 0 Å². The largest absolute Gasteiger partial charge is 0.504 e. The molecule has 0 spiro atoms. The van der Waals surface area contributed by atoms with Crippen LogP contribution >= 0.6 is 0 Å². The third-order valence-electron chi connectivity index (χ3n) is 0.289. The smallest absolute Gasteiger partial charge is 0 e. The van der Waals surface area contributed by atoms with E-state index < -0.39 is 0 Å². The first kappa shape index (κ1) is 36.8. The number of hydrogen-bond donors (Lipinski definition) is 0. The van der Waals surface area contributed by atoms with Crippen LogP contribution in [-0.4, -0.2) is 0 Å². The van der Waals surface area contributed by atoms with Crippen molar-refractivity contribution in [2.24, 2.45) is 0 Å². The van der Waals surface area contributed by atoms with E-state index in [1.54, 1.807) is 0 Å². The molecule has 0 saturated heterocycles. The Hall–Kier alpha value is 0.844. The van der Waals surface area contributed by atoms with Crippen LogP contribution in [0.1, 0.15) is 28.7 Å². The molecule has 0 aromatic heterocycles. The zero-order valence-electron chi connectivity index (χ0n) is 4.65. The Kier molecular flexibility index (Phi) is 209. The van der Waals surface area contributed by atoms with Gasteiger partial charge in [-0.2, -0.15) is 6.92 Å². The first-order valence-electron chi connectivity index (χ1n) is 1.37. The fourth-order valence-electron chi connectivity index (χ4n) is 0. The number of allylic oxidation sites excluding steroid dienone is 2. The quantitative estimate of drug-likeness (QED) is 0.516. The molecule has 0 fully saturated rings. The number of hydrogen-bond acceptors (Lipinski definition) is 0. The maximum atomic E-state index is 2.81. The Morgan fingerprint density at radius 2 is 1.38 bits per heavy atom. The van der Waals surface area contributed by atoms with Crippen LogP contribution in [0.15, 0.2) is 6.08 Å². The van der Waals surface area contributed by atoms with E-state index in [4.69, 9.17) is 0 Å². The van der Waals surface area contributed by atoms with Gasteiger partial charge in [-0.3, -0.25) is 6.08 Å². The molecule has 0 aromatic rings. The Morgan fingerprint density at radius 1 is 1.25 bits per heavy atom. The van der Waals surface area contributed by atoms with Gasteiger partial charge in [0.1, 0.15) is 0 Å². The summed E-state index contributed by atoms with van der Waals surface area (Å²) >= 11 is 0. The van der Waals surface area contributed by atoms with Gasteiger partial charge < -0.3 is 13.5 Å². The third kappa shape index (κ3) is 68.7. The zero-order valence-corrected chi connectivity index (χ0v) is 7.49. The molecule has 1 heteroatoms. The summed E-state index contributed by atoms with van der Waals surface area (Å²) in [5.74, 6) is 0. The Balaban J connectivity index is -0.00000000750. The summed E-state index contributed by atoms with van der Waals surface area (Å²) in [6, 6.07) is 0. The molecule has 8 heavy (non-hydrogen) atoms. The molecule has 0 heterocycles. The summed E-state index contributed by atoms with van der Waals surface area (Å²) in [6.07, 6.45) is 4.68. The van der Waals surface area contributed by atoms with Crippen molar-refractivity contribution in [2.75, 3.05) is 0 Å². The van der Waals surface area contributed by atoms with Crippen LogP contribution in [0.5, 0.6) is 0 Å². The van der Waals surface area contributed by atoms with Gasteiger partial charge in [0.15, 0.2) is 0 Å². The minimum Gasteiger partial charge on any atom is -0.504 e. The summed E-state index contributed by atoms with van der Waals surface area (Å²) in [4.78, 5) is 0. The minimum atomic E-state index is 0. The van der Waals surface area contributed by atoms with Crippen LogP contribution < -0.4 is 0 Å². The van der Waals surface area contributed by atoms with Gasteiger partial charge in [-0.15, -0.1) is 0 Å². The zero-order chi connectivity index (χ0) is 3.41. The molecule has 1 radical (unpaired) electrons. The van der Waals surface area contributed by atoms with Gasteiger partial charge in [-0.25, -0.2) is 0 Å². The Labute approximate surface area is 80.6 Å². The molecule has 0 unspecified atom stereocenters. The van der Waals surface area contributed by atoms with Crippen LogP contribution in [0.3, 0.4) is 0 Å². The van der Waals surface area contributed by atoms with E-state index >= 15 is 0 Å². The van der Waals surface area contributed by atoms with E-state index in [-0.39, 0.29) is 55.0 Å². The van der Waals surface area contributed by atoms with E-state index in [1.165, 1.54) is 0 Å². The Morgan fingerprint density at radius 3 is 1.38 bits per heavy atom. The first-order valence-corrected chi connectivity index (χ1v) is 1.37. The van der Waals surface area contributed by atoms with E-state index in [0.29, 0.717) is 0 Å². The first-order chi connectivity index (χ1) is 1.91. The van der Waals surface area contributed by atoms with Gasteiger partial charge in [0, 0.05) is 32.7 Å². The minimum absolute atomic E-state index is 0. The standard InChI is InChI=1S/C4H7.2CH4.CH3.Y/c1-3-4-2;;;;/h3H,1-2H3;2*1H4;1H3;/q-1;;;-1;. The third-order valence-corrected chi connectivity index (χ3v) is 0.289. The van der Waals surface area contributed by atoms with Crippen molar-refractivity contribution in [3.05, 3.63) is 19.6 Å². The second-order valence-corrected chi connectivity index (χ2v) is 0.577. The predicted molar refractivity (Wildman–Crippen MR) is 39.0 cm³/mol. The molecule has 0 nitrogen and oxygen atoms in total. The molecule has 0 rings (SSSR count). The summed E-state index contributed by atoms with van der Waals surface area (Å²) < 4.78 is 0. The van der Waals surface area contributed by atoms with E-state index in [2.05, 4.69) is 6.08 Å². The fraction of sp³-hybridized carbons (Fsp3) is 0.571. The fourth-order valence-corrected chi connectivity index (χ4v) is 0. The average Bonchev–Trinajstić information content (AvgIpc) is 1.37. The van der Waals surface area contributed by atoms with Crippen molar-refractivity contribution in [1.82, 2.24) is 0 Å². The Bertz CT molecular complexity index is 19.6. The average molecular weight is 191 g/mol. The number of rotatable bonds is 0. The van der Waals surface area contributed by atoms with Gasteiger partial charge in [0.25, 0.3) is 0 Å². The summed E-state index contributed by atoms with van der Waals surface area (Å²) in [7, 11) is 0. The van der Waals surface area contributed by atoms with Crippen molar-refractivity contribution >= 4 is 0 Å².